The van der Waals surface area contributed by atoms with Gasteiger partial charge in [-0.15, -0.1) is 0 Å². The second kappa shape index (κ2) is 6.61. The summed E-state index contributed by atoms with van der Waals surface area (Å²) in [6.07, 6.45) is 0.892. The molecule has 3 heteroatoms. The van der Waals surface area contributed by atoms with E-state index in [1.807, 2.05) is 44.2 Å². The average Bonchev–Trinajstić information content (AvgIpc) is 2.79. The number of para-hydroxylation sites is 1. The summed E-state index contributed by atoms with van der Waals surface area (Å²) in [6.45, 7) is 12.7. The van der Waals surface area contributed by atoms with Crippen LogP contribution in [0.15, 0.2) is 30.3 Å². The molecule has 1 aromatic heterocycles. The van der Waals surface area contributed by atoms with E-state index in [1.54, 1.807) is 0 Å². The van der Waals surface area contributed by atoms with Gasteiger partial charge in [0.2, 0.25) is 5.78 Å². The van der Waals surface area contributed by atoms with Crippen LogP contribution < -0.4 is 4.74 Å². The van der Waals surface area contributed by atoms with Crippen LogP contribution in [-0.4, -0.2) is 17.0 Å². The fourth-order valence-corrected chi connectivity index (χ4v) is 3.24. The summed E-state index contributed by atoms with van der Waals surface area (Å²) in [4.78, 5) is 12.6. The van der Waals surface area contributed by atoms with Crippen molar-refractivity contribution < 1.29 is 9.53 Å². The Bertz CT molecular complexity index is 705. The molecule has 0 spiro atoms. The Hall–Kier alpha value is -2.03. The van der Waals surface area contributed by atoms with Crippen molar-refractivity contribution in [3.63, 3.8) is 0 Å². The van der Waals surface area contributed by atoms with E-state index >= 15 is 0 Å². The van der Waals surface area contributed by atoms with Gasteiger partial charge in [-0.1, -0.05) is 25.1 Å². The largest absolute Gasteiger partial charge is 0.485 e. The molecule has 0 aliphatic carbocycles. The van der Waals surface area contributed by atoms with Gasteiger partial charge >= 0.3 is 0 Å². The molecule has 2 rings (SSSR count). The van der Waals surface area contributed by atoms with Gasteiger partial charge in [0, 0.05) is 22.5 Å². The number of hydrogen-bond donors (Lipinski definition) is 0. The van der Waals surface area contributed by atoms with Crippen molar-refractivity contribution in [2.45, 2.75) is 53.5 Å². The lowest BCUT2D eigenvalue weighted by molar-refractivity contribution is 0.0920. The smallest absolute Gasteiger partial charge is 0.202 e. The second-order valence-corrected chi connectivity index (χ2v) is 6.96. The van der Waals surface area contributed by atoms with Crippen molar-refractivity contribution in [1.82, 2.24) is 4.57 Å². The quantitative estimate of drug-likeness (QED) is 0.750. The van der Waals surface area contributed by atoms with Crippen molar-refractivity contribution in [3.05, 3.63) is 52.8 Å². The fraction of sp³-hybridized carbons (Fsp3) is 0.450. The fourth-order valence-electron chi connectivity index (χ4n) is 3.24. The summed E-state index contributed by atoms with van der Waals surface area (Å²) in [7, 11) is 0. The third kappa shape index (κ3) is 3.66. The highest BCUT2D eigenvalue weighted by Crippen LogP contribution is 2.25. The molecule has 2 aromatic rings. The lowest BCUT2D eigenvalue weighted by atomic mass is 10.1. The number of aromatic nitrogens is 1. The van der Waals surface area contributed by atoms with Crippen LogP contribution in [0, 0.1) is 13.8 Å². The molecule has 0 saturated carbocycles. The summed E-state index contributed by atoms with van der Waals surface area (Å²) < 4.78 is 7.98. The first-order valence-electron chi connectivity index (χ1n) is 8.19. The van der Waals surface area contributed by atoms with E-state index in [0.717, 1.165) is 34.7 Å². The van der Waals surface area contributed by atoms with E-state index in [2.05, 4.69) is 32.3 Å². The van der Waals surface area contributed by atoms with Crippen molar-refractivity contribution in [3.8, 4) is 5.75 Å². The third-order valence-corrected chi connectivity index (χ3v) is 4.11. The van der Waals surface area contributed by atoms with Gasteiger partial charge < -0.3 is 9.30 Å². The standard InChI is InChI=1S/C20H27NO2/c1-7-16-10-8-9-11-19(16)23-13-18(22)17-12-14(2)21(15(17)3)20(4,5)6/h8-12H,7,13H2,1-6H3. The number of rotatable bonds is 5. The normalized spacial score (nSPS) is 11.6. The minimum atomic E-state index is -0.0393. The zero-order valence-corrected chi connectivity index (χ0v) is 15.1. The topological polar surface area (TPSA) is 31.2 Å². The lowest BCUT2D eigenvalue weighted by Gasteiger charge is -2.25. The SMILES string of the molecule is CCc1ccccc1OCC(=O)c1cc(C)n(C(C)(C)C)c1C. The summed E-state index contributed by atoms with van der Waals surface area (Å²) >= 11 is 0. The highest BCUT2D eigenvalue weighted by Gasteiger charge is 2.22. The number of carbonyl (C=O) groups excluding carboxylic acids is 1. The molecule has 0 bridgehead atoms. The van der Waals surface area contributed by atoms with Crippen LogP contribution >= 0.6 is 0 Å². The maximum absolute atomic E-state index is 12.6. The first-order chi connectivity index (χ1) is 10.8. The number of benzene rings is 1. The molecule has 0 fully saturated rings. The van der Waals surface area contributed by atoms with Crippen LogP contribution in [0.2, 0.25) is 0 Å². The highest BCUT2D eigenvalue weighted by molar-refractivity contribution is 5.98. The van der Waals surface area contributed by atoms with E-state index in [0.29, 0.717) is 0 Å². The van der Waals surface area contributed by atoms with Crippen molar-refractivity contribution in [1.29, 1.82) is 0 Å². The molecule has 0 aliphatic rings. The van der Waals surface area contributed by atoms with Crippen LogP contribution in [0.3, 0.4) is 0 Å². The first kappa shape index (κ1) is 17.3. The highest BCUT2D eigenvalue weighted by atomic mass is 16.5. The van der Waals surface area contributed by atoms with E-state index in [4.69, 9.17) is 4.74 Å². The molecule has 0 saturated heterocycles. The Labute approximate surface area is 139 Å². The monoisotopic (exact) mass is 313 g/mol. The van der Waals surface area contributed by atoms with Gasteiger partial charge in [0.05, 0.1) is 0 Å². The molecule has 124 valence electrons. The van der Waals surface area contributed by atoms with Gasteiger partial charge in [-0.25, -0.2) is 0 Å². The molecule has 0 aliphatic heterocycles. The molecule has 0 atom stereocenters. The van der Waals surface area contributed by atoms with Gasteiger partial charge in [0.15, 0.2) is 6.61 Å². The summed E-state index contributed by atoms with van der Waals surface area (Å²) in [5.74, 6) is 0.826. The summed E-state index contributed by atoms with van der Waals surface area (Å²) in [6, 6.07) is 9.85. The number of Topliss-reactive ketones (excluding diaryl/α,β-unsaturated/α-hetero) is 1. The number of hydrogen-bond acceptors (Lipinski definition) is 2. The van der Waals surface area contributed by atoms with E-state index in [1.165, 1.54) is 0 Å². The first-order valence-corrected chi connectivity index (χ1v) is 8.19. The molecule has 3 nitrogen and oxygen atoms in total. The Morgan fingerprint density at radius 2 is 1.83 bits per heavy atom. The van der Waals surface area contributed by atoms with Crippen molar-refractivity contribution >= 4 is 5.78 Å². The van der Waals surface area contributed by atoms with Gasteiger partial charge in [0.25, 0.3) is 0 Å². The zero-order valence-electron chi connectivity index (χ0n) is 15.1. The molecule has 1 aromatic carbocycles. The van der Waals surface area contributed by atoms with Crippen molar-refractivity contribution in [2.75, 3.05) is 6.61 Å². The molecular formula is C20H27NO2. The van der Waals surface area contributed by atoms with Gasteiger partial charge in [-0.05, 0) is 58.7 Å². The predicted octanol–water partition coefficient (Wildman–Crippen LogP) is 4.68. The number of carbonyl (C=O) groups is 1. The minimum absolute atomic E-state index is 0.0273. The number of ketones is 1. The maximum atomic E-state index is 12.6. The van der Waals surface area contributed by atoms with Crippen LogP contribution in [0.1, 0.15) is 55.0 Å². The van der Waals surface area contributed by atoms with Gasteiger partial charge in [-0.2, -0.15) is 0 Å². The van der Waals surface area contributed by atoms with Crippen LogP contribution in [0.5, 0.6) is 5.75 Å². The van der Waals surface area contributed by atoms with Gasteiger partial charge in [0.1, 0.15) is 5.75 Å². The van der Waals surface area contributed by atoms with Crippen LogP contribution in [0.4, 0.5) is 0 Å². The summed E-state index contributed by atoms with van der Waals surface area (Å²) in [5.41, 5.74) is 3.95. The van der Waals surface area contributed by atoms with Crippen LogP contribution in [0.25, 0.3) is 0 Å². The van der Waals surface area contributed by atoms with E-state index in [9.17, 15) is 4.79 Å². The third-order valence-electron chi connectivity index (χ3n) is 4.11. The maximum Gasteiger partial charge on any atom is 0.202 e. The summed E-state index contributed by atoms with van der Waals surface area (Å²) in [5, 5.41) is 0. The van der Waals surface area contributed by atoms with Gasteiger partial charge in [-0.3, -0.25) is 4.79 Å². The van der Waals surface area contributed by atoms with Crippen LogP contribution in [-0.2, 0) is 12.0 Å². The number of ether oxygens (including phenoxy) is 1. The minimum Gasteiger partial charge on any atom is -0.485 e. The second-order valence-electron chi connectivity index (χ2n) is 6.96. The molecule has 0 unspecified atom stereocenters. The molecular weight excluding hydrogens is 286 g/mol. The average molecular weight is 313 g/mol. The Morgan fingerprint density at radius 3 is 2.39 bits per heavy atom. The van der Waals surface area contributed by atoms with Crippen molar-refractivity contribution in [2.24, 2.45) is 0 Å². The molecule has 0 N–H and O–H groups in total. The molecule has 0 amide bonds. The van der Waals surface area contributed by atoms with E-state index in [-0.39, 0.29) is 17.9 Å². The predicted molar refractivity (Wildman–Crippen MR) is 94.5 cm³/mol. The number of nitrogens with zero attached hydrogens (tertiary/aromatic N) is 1. The Morgan fingerprint density at radius 1 is 1.17 bits per heavy atom. The Kier molecular flexibility index (Phi) is 4.98. The Balaban J connectivity index is 2.19. The molecule has 0 radical (unpaired) electrons. The van der Waals surface area contributed by atoms with E-state index < -0.39 is 0 Å². The molecule has 23 heavy (non-hydrogen) atoms. The number of aryl methyl sites for hydroxylation is 2. The lowest BCUT2D eigenvalue weighted by Crippen LogP contribution is -2.24. The zero-order chi connectivity index (χ0) is 17.2. The molecule has 1 heterocycles.